The molecule has 1 saturated heterocycles. The van der Waals surface area contributed by atoms with Gasteiger partial charge in [-0.15, -0.1) is 0 Å². The largest absolute Gasteiger partial charge is 0.444 e. The first kappa shape index (κ1) is 35.1. The number of ether oxygens (including phenoxy) is 1. The van der Waals surface area contributed by atoms with Crippen LogP contribution in [0.1, 0.15) is 50.5 Å². The van der Waals surface area contributed by atoms with E-state index in [1.54, 1.807) is 73.4 Å². The van der Waals surface area contributed by atoms with E-state index in [1.807, 2.05) is 26.0 Å². The second-order valence-corrected chi connectivity index (χ2v) is 14.1. The molecule has 2 aromatic heterocycles. The number of nitrogens with one attached hydrogen (secondary N) is 4. The van der Waals surface area contributed by atoms with E-state index in [9.17, 15) is 22.8 Å². The van der Waals surface area contributed by atoms with Crippen LogP contribution in [0.15, 0.2) is 54.7 Å². The first-order valence-corrected chi connectivity index (χ1v) is 17.2. The van der Waals surface area contributed by atoms with Crippen molar-refractivity contribution < 1.29 is 27.5 Å². The molecule has 252 valence electrons. The molecule has 0 radical (unpaired) electrons. The van der Waals surface area contributed by atoms with Crippen LogP contribution in [0.4, 0.5) is 26.9 Å². The van der Waals surface area contributed by atoms with Crippen LogP contribution in [-0.2, 0) is 21.1 Å². The van der Waals surface area contributed by atoms with E-state index in [0.717, 1.165) is 11.1 Å². The number of anilines is 3. The third-order valence-electron chi connectivity index (χ3n) is 7.01. The topological polar surface area (TPSA) is 175 Å². The Labute approximate surface area is 275 Å². The van der Waals surface area contributed by atoms with Crippen LogP contribution in [0.3, 0.4) is 0 Å². The number of carbonyl (C=O) groups is 3. The lowest BCUT2D eigenvalue weighted by Crippen LogP contribution is -2.53. The van der Waals surface area contributed by atoms with Crippen molar-refractivity contribution >= 4 is 45.2 Å². The lowest BCUT2D eigenvalue weighted by Gasteiger charge is -2.36. The van der Waals surface area contributed by atoms with E-state index < -0.39 is 27.6 Å². The summed E-state index contributed by atoms with van der Waals surface area (Å²) in [5.74, 6) is 0.547. The average molecular weight is 667 g/mol. The summed E-state index contributed by atoms with van der Waals surface area (Å²) in [5.41, 5.74) is 2.50. The van der Waals surface area contributed by atoms with Gasteiger partial charge in [-0.1, -0.05) is 18.2 Å². The van der Waals surface area contributed by atoms with E-state index in [4.69, 9.17) is 9.72 Å². The van der Waals surface area contributed by atoms with Gasteiger partial charge in [-0.3, -0.25) is 15.1 Å². The monoisotopic (exact) mass is 666 g/mol. The molecule has 3 heterocycles. The molecule has 4 N–H and O–H groups in total. The summed E-state index contributed by atoms with van der Waals surface area (Å²) in [6, 6.07) is 13.6. The highest BCUT2D eigenvalue weighted by Gasteiger charge is 2.29. The van der Waals surface area contributed by atoms with Gasteiger partial charge in [-0.25, -0.2) is 33.0 Å². The predicted molar refractivity (Wildman–Crippen MR) is 181 cm³/mol. The lowest BCUT2D eigenvalue weighted by molar-refractivity contribution is -0.00216. The Morgan fingerprint density at radius 3 is 2.26 bits per heavy atom. The highest BCUT2D eigenvalue weighted by atomic mass is 32.2. The van der Waals surface area contributed by atoms with Crippen LogP contribution < -0.4 is 21.3 Å². The number of hydrogen-bond donors (Lipinski definition) is 4. The molecule has 47 heavy (non-hydrogen) atoms. The third kappa shape index (κ3) is 10.1. The molecule has 3 aromatic rings. The summed E-state index contributed by atoms with van der Waals surface area (Å²) >= 11 is 0. The lowest BCUT2D eigenvalue weighted by atomic mass is 10.1. The van der Waals surface area contributed by atoms with Crippen molar-refractivity contribution in [3.63, 3.8) is 0 Å². The predicted octanol–water partition coefficient (Wildman–Crippen LogP) is 4.35. The Kier molecular flexibility index (Phi) is 11.4. The zero-order chi connectivity index (χ0) is 34.2. The minimum Gasteiger partial charge on any atom is -0.444 e. The number of aromatic nitrogens is 2. The fourth-order valence-corrected chi connectivity index (χ4v) is 5.93. The molecule has 1 aliphatic rings. The maximum atomic E-state index is 13.6. The van der Waals surface area contributed by atoms with Crippen LogP contribution in [0.2, 0.25) is 0 Å². The van der Waals surface area contributed by atoms with Gasteiger partial charge < -0.3 is 20.7 Å². The Hall–Kier alpha value is -4.76. The number of pyridine rings is 2. The van der Waals surface area contributed by atoms with Crippen molar-refractivity contribution in [2.45, 2.75) is 46.8 Å². The fraction of sp³-hybridized carbons (Fsp3) is 0.406. The summed E-state index contributed by atoms with van der Waals surface area (Å²) < 4.78 is 29.0. The molecule has 0 bridgehead atoms. The maximum Gasteiger partial charge on any atom is 0.413 e. The van der Waals surface area contributed by atoms with Crippen molar-refractivity contribution in [2.24, 2.45) is 0 Å². The number of amides is 4. The van der Waals surface area contributed by atoms with Crippen molar-refractivity contribution in [1.29, 1.82) is 0 Å². The van der Waals surface area contributed by atoms with Gasteiger partial charge in [0.25, 0.3) is 5.91 Å². The molecule has 1 fully saturated rings. The third-order valence-corrected chi connectivity index (χ3v) is 8.62. The molecule has 15 heteroatoms. The zero-order valence-electron chi connectivity index (χ0n) is 27.3. The Balaban J connectivity index is 1.34. The quantitative estimate of drug-likeness (QED) is 0.244. The van der Waals surface area contributed by atoms with Crippen molar-refractivity contribution in [3.05, 3.63) is 65.9 Å². The number of hydrazine groups is 1. The molecule has 0 saturated carbocycles. The Bertz CT molecular complexity index is 1660. The van der Waals surface area contributed by atoms with Crippen LogP contribution in [0, 0.1) is 0 Å². The molecule has 1 aliphatic heterocycles. The number of urea groups is 1. The first-order valence-electron chi connectivity index (χ1n) is 15.4. The number of sulfone groups is 1. The normalized spacial score (nSPS) is 14.5. The molecule has 0 aliphatic carbocycles. The molecule has 4 rings (SSSR count). The van der Waals surface area contributed by atoms with Gasteiger partial charge in [0.1, 0.15) is 17.2 Å². The van der Waals surface area contributed by atoms with Gasteiger partial charge in [0.2, 0.25) is 0 Å². The first-order chi connectivity index (χ1) is 22.3. The number of nitrogens with zero attached hydrogens (tertiary/aromatic N) is 4. The Morgan fingerprint density at radius 2 is 1.66 bits per heavy atom. The molecular formula is C32H42N8O6S. The smallest absolute Gasteiger partial charge is 0.413 e. The Morgan fingerprint density at radius 1 is 0.957 bits per heavy atom. The molecule has 1 aromatic carbocycles. The van der Waals surface area contributed by atoms with E-state index in [1.165, 1.54) is 0 Å². The summed E-state index contributed by atoms with van der Waals surface area (Å²) in [4.78, 5) is 46.9. The van der Waals surface area contributed by atoms with Crippen LogP contribution in [0.25, 0.3) is 11.3 Å². The molecule has 4 amide bonds. The van der Waals surface area contributed by atoms with Crippen LogP contribution in [-0.4, -0.2) is 89.7 Å². The molecule has 0 unspecified atom stereocenters. The molecule has 0 atom stereocenters. The SMILES string of the molecule is CCNc1nc(-c2ccc(NC(=O)NCc3ccc(NC(=O)OC(C)(C)C)nc3)cc2)ccc1C(=O)N(CC)N1CCS(=O)(=O)CC1. The summed E-state index contributed by atoms with van der Waals surface area (Å²) in [6.07, 6.45) is 0.950. The van der Waals surface area contributed by atoms with Crippen LogP contribution >= 0.6 is 0 Å². The number of hydrogen-bond acceptors (Lipinski definition) is 10. The standard InChI is InChI=1S/C32H42N8O6S/c1-6-33-28-25(29(41)40(7-2)39-16-18-47(44,45)19-17-39)13-14-26(37-28)23-9-11-24(12-10-23)36-30(42)35-21-22-8-15-27(34-20-22)38-31(43)46-32(3,4)5/h8-15,20H,6-7,16-19,21H2,1-5H3,(H,33,37)(H,34,38,43)(H2,35,36,42). The van der Waals surface area contributed by atoms with Gasteiger partial charge in [-0.05, 0) is 70.5 Å². The van der Waals surface area contributed by atoms with Gasteiger partial charge in [0.15, 0.2) is 9.84 Å². The van der Waals surface area contributed by atoms with Crippen molar-refractivity contribution in [3.8, 4) is 11.3 Å². The highest BCUT2D eigenvalue weighted by Crippen LogP contribution is 2.25. The minimum atomic E-state index is -3.08. The number of rotatable bonds is 10. The molecular weight excluding hydrogens is 624 g/mol. The number of carbonyl (C=O) groups excluding carboxylic acids is 3. The average Bonchev–Trinajstić information content (AvgIpc) is 3.01. The van der Waals surface area contributed by atoms with Crippen LogP contribution in [0.5, 0.6) is 0 Å². The minimum absolute atomic E-state index is 0.0163. The van der Waals surface area contributed by atoms with E-state index in [2.05, 4.69) is 26.3 Å². The molecule has 14 nitrogen and oxygen atoms in total. The summed E-state index contributed by atoms with van der Waals surface area (Å²) in [7, 11) is -3.08. The second-order valence-electron chi connectivity index (χ2n) is 11.8. The summed E-state index contributed by atoms with van der Waals surface area (Å²) in [5, 5.41) is 14.7. The second kappa shape index (κ2) is 15.2. The fourth-order valence-electron chi connectivity index (χ4n) is 4.74. The highest BCUT2D eigenvalue weighted by molar-refractivity contribution is 7.91. The molecule has 0 spiro atoms. The zero-order valence-corrected chi connectivity index (χ0v) is 28.1. The van der Waals surface area contributed by atoms with E-state index >= 15 is 0 Å². The van der Waals surface area contributed by atoms with Gasteiger partial charge >= 0.3 is 12.1 Å². The van der Waals surface area contributed by atoms with E-state index in [-0.39, 0.29) is 37.0 Å². The van der Waals surface area contributed by atoms with Crippen molar-refractivity contribution in [1.82, 2.24) is 25.3 Å². The number of benzene rings is 1. The van der Waals surface area contributed by atoms with Gasteiger partial charge in [0.05, 0.1) is 22.8 Å². The van der Waals surface area contributed by atoms with Gasteiger partial charge in [-0.2, -0.15) is 0 Å². The summed E-state index contributed by atoms with van der Waals surface area (Å²) in [6.45, 7) is 10.8. The van der Waals surface area contributed by atoms with Gasteiger partial charge in [0, 0.05) is 50.2 Å². The maximum absolute atomic E-state index is 13.6. The van der Waals surface area contributed by atoms with E-state index in [0.29, 0.717) is 41.7 Å². The van der Waals surface area contributed by atoms with Crippen molar-refractivity contribution in [2.75, 3.05) is 53.6 Å².